The van der Waals surface area contributed by atoms with Crippen LogP contribution in [0.25, 0.3) is 11.0 Å². The summed E-state index contributed by atoms with van der Waals surface area (Å²) in [7, 11) is 0. The lowest BCUT2D eigenvalue weighted by atomic mass is 10.0. The predicted molar refractivity (Wildman–Crippen MR) is 91.1 cm³/mol. The first-order valence-electron chi connectivity index (χ1n) is 7.99. The smallest absolute Gasteiger partial charge is 0.336 e. The van der Waals surface area contributed by atoms with Crippen molar-refractivity contribution < 1.29 is 19.1 Å². The molecule has 0 fully saturated rings. The van der Waals surface area contributed by atoms with E-state index < -0.39 is 11.2 Å². The van der Waals surface area contributed by atoms with Crippen molar-refractivity contribution in [2.75, 3.05) is 6.61 Å². The van der Waals surface area contributed by atoms with Gasteiger partial charge in [0.1, 0.15) is 16.9 Å². The van der Waals surface area contributed by atoms with Gasteiger partial charge in [-0.15, -0.1) is 0 Å². The van der Waals surface area contributed by atoms with Gasteiger partial charge >= 0.3 is 11.6 Å². The molecule has 6 nitrogen and oxygen atoms in total. The Hall–Kier alpha value is -2.34. The van der Waals surface area contributed by atoms with Crippen molar-refractivity contribution in [1.82, 2.24) is 5.32 Å². The lowest BCUT2D eigenvalue weighted by Gasteiger charge is -2.24. The number of aromatic hydroxyl groups is 1. The average molecular weight is 333 g/mol. The number of carbonyl (C=O) groups excluding carboxylic acids is 1. The van der Waals surface area contributed by atoms with Gasteiger partial charge in [-0.1, -0.05) is 6.92 Å². The van der Waals surface area contributed by atoms with Crippen molar-refractivity contribution in [1.29, 1.82) is 0 Å². The van der Waals surface area contributed by atoms with Crippen LogP contribution in [0.15, 0.2) is 27.4 Å². The third-order valence-corrected chi connectivity index (χ3v) is 3.92. The van der Waals surface area contributed by atoms with Crippen LogP contribution in [0.5, 0.6) is 5.75 Å². The molecule has 0 aliphatic rings. The van der Waals surface area contributed by atoms with Gasteiger partial charge in [0.15, 0.2) is 0 Å². The van der Waals surface area contributed by atoms with E-state index in [-0.39, 0.29) is 11.7 Å². The van der Waals surface area contributed by atoms with E-state index in [1.807, 2.05) is 13.0 Å². The second-order valence-corrected chi connectivity index (χ2v) is 6.12. The predicted octanol–water partition coefficient (Wildman–Crippen LogP) is 2.49. The molecule has 0 amide bonds. The molecule has 2 rings (SSSR count). The van der Waals surface area contributed by atoms with Crippen molar-refractivity contribution in [3.63, 3.8) is 0 Å². The highest BCUT2D eigenvalue weighted by Crippen LogP contribution is 2.27. The van der Waals surface area contributed by atoms with Gasteiger partial charge in [0.05, 0.1) is 6.61 Å². The highest BCUT2D eigenvalue weighted by molar-refractivity contribution is 5.83. The number of esters is 1. The molecule has 1 aromatic carbocycles. The molecule has 0 saturated heterocycles. The number of fused-ring (bicyclic) bond motifs is 1. The van der Waals surface area contributed by atoms with E-state index in [1.54, 1.807) is 20.8 Å². The number of ether oxygens (including phenoxy) is 1. The van der Waals surface area contributed by atoms with E-state index in [4.69, 9.17) is 9.15 Å². The zero-order valence-electron chi connectivity index (χ0n) is 14.4. The van der Waals surface area contributed by atoms with Crippen LogP contribution >= 0.6 is 0 Å². The summed E-state index contributed by atoms with van der Waals surface area (Å²) in [6.45, 7) is 7.73. The molecule has 1 heterocycles. The first-order chi connectivity index (χ1) is 11.3. The number of carbonyl (C=O) groups is 1. The fourth-order valence-corrected chi connectivity index (χ4v) is 2.44. The van der Waals surface area contributed by atoms with Crippen molar-refractivity contribution >= 4 is 16.9 Å². The number of aryl methyl sites for hydroxylation is 1. The Bertz CT molecular complexity index is 807. The summed E-state index contributed by atoms with van der Waals surface area (Å²) in [5.41, 5.74) is 0.401. The standard InChI is InChI=1S/C18H23NO5/c1-5-11-7-13-12(8-16(21)24-15(13)9-14(11)20)10-19-18(3,4)17(22)23-6-2/h7-9,19-20H,5-6,10H2,1-4H3. The molecule has 0 unspecified atom stereocenters. The van der Waals surface area contributed by atoms with E-state index in [0.717, 1.165) is 10.9 Å². The molecule has 24 heavy (non-hydrogen) atoms. The summed E-state index contributed by atoms with van der Waals surface area (Å²) < 4.78 is 10.2. The normalized spacial score (nSPS) is 11.7. The zero-order chi connectivity index (χ0) is 17.9. The highest BCUT2D eigenvalue weighted by Gasteiger charge is 2.28. The maximum Gasteiger partial charge on any atom is 0.336 e. The molecule has 6 heteroatoms. The van der Waals surface area contributed by atoms with E-state index in [0.29, 0.717) is 30.7 Å². The first kappa shape index (κ1) is 18.0. The van der Waals surface area contributed by atoms with Crippen molar-refractivity contribution in [2.24, 2.45) is 0 Å². The topological polar surface area (TPSA) is 88.8 Å². The van der Waals surface area contributed by atoms with E-state index in [9.17, 15) is 14.7 Å². The Morgan fingerprint density at radius 3 is 2.58 bits per heavy atom. The maximum absolute atomic E-state index is 12.0. The number of benzene rings is 1. The van der Waals surface area contributed by atoms with Gasteiger partial charge in [0.25, 0.3) is 0 Å². The van der Waals surface area contributed by atoms with Crippen LogP contribution in [0, 0.1) is 0 Å². The third-order valence-electron chi connectivity index (χ3n) is 3.92. The maximum atomic E-state index is 12.0. The highest BCUT2D eigenvalue weighted by atomic mass is 16.5. The van der Waals surface area contributed by atoms with Crippen LogP contribution in [-0.2, 0) is 22.5 Å². The van der Waals surface area contributed by atoms with Crippen molar-refractivity contribution in [2.45, 2.75) is 46.2 Å². The summed E-state index contributed by atoms with van der Waals surface area (Å²) in [6, 6.07) is 4.66. The Kier molecular flexibility index (Phi) is 5.29. The van der Waals surface area contributed by atoms with Crippen LogP contribution in [0.1, 0.15) is 38.8 Å². The second-order valence-electron chi connectivity index (χ2n) is 6.12. The number of rotatable bonds is 6. The van der Waals surface area contributed by atoms with Gasteiger partial charge < -0.3 is 14.3 Å². The molecule has 0 radical (unpaired) electrons. The number of phenols is 1. The van der Waals surface area contributed by atoms with Crippen LogP contribution in [0.3, 0.4) is 0 Å². The van der Waals surface area contributed by atoms with Gasteiger partial charge in [0.2, 0.25) is 0 Å². The molecule has 2 aromatic rings. The molecule has 1 aromatic heterocycles. The monoisotopic (exact) mass is 333 g/mol. The Balaban J connectivity index is 2.38. The molecule has 0 bridgehead atoms. The molecule has 0 atom stereocenters. The number of hydrogen-bond donors (Lipinski definition) is 2. The van der Waals surface area contributed by atoms with Crippen LogP contribution in [0.2, 0.25) is 0 Å². The third kappa shape index (κ3) is 3.76. The van der Waals surface area contributed by atoms with Crippen molar-refractivity contribution in [3.05, 3.63) is 39.7 Å². The minimum Gasteiger partial charge on any atom is -0.508 e. The second kappa shape index (κ2) is 7.05. The van der Waals surface area contributed by atoms with E-state index >= 15 is 0 Å². The molecule has 0 aliphatic carbocycles. The van der Waals surface area contributed by atoms with Crippen LogP contribution < -0.4 is 10.9 Å². The minimum absolute atomic E-state index is 0.102. The van der Waals surface area contributed by atoms with Gasteiger partial charge in [-0.3, -0.25) is 10.1 Å². The lowest BCUT2D eigenvalue weighted by molar-refractivity contribution is -0.149. The van der Waals surface area contributed by atoms with Crippen LogP contribution in [-0.4, -0.2) is 23.2 Å². The van der Waals surface area contributed by atoms with Gasteiger partial charge in [-0.05, 0) is 44.4 Å². The zero-order valence-corrected chi connectivity index (χ0v) is 14.4. The summed E-state index contributed by atoms with van der Waals surface area (Å²) >= 11 is 0. The Labute approximate surface area is 140 Å². The van der Waals surface area contributed by atoms with Gasteiger partial charge in [-0.2, -0.15) is 0 Å². The van der Waals surface area contributed by atoms with Gasteiger partial charge in [-0.25, -0.2) is 4.79 Å². The molecular formula is C18H23NO5. The molecular weight excluding hydrogens is 310 g/mol. The number of nitrogens with one attached hydrogen (secondary N) is 1. The molecule has 130 valence electrons. The average Bonchev–Trinajstić information content (AvgIpc) is 2.52. The van der Waals surface area contributed by atoms with E-state index in [1.165, 1.54) is 12.1 Å². The first-order valence-corrected chi connectivity index (χ1v) is 7.99. The summed E-state index contributed by atoms with van der Waals surface area (Å²) in [4.78, 5) is 23.7. The Morgan fingerprint density at radius 1 is 1.25 bits per heavy atom. The molecule has 0 aliphatic heterocycles. The number of phenolic OH excluding ortho intramolecular Hbond substituents is 1. The summed E-state index contributed by atoms with van der Waals surface area (Å²) in [5, 5.41) is 13.8. The Morgan fingerprint density at radius 2 is 1.96 bits per heavy atom. The SMILES string of the molecule is CCOC(=O)C(C)(C)NCc1cc(=O)oc2cc(O)c(CC)cc12. The van der Waals surface area contributed by atoms with Gasteiger partial charge in [0, 0.05) is 24.1 Å². The molecule has 2 N–H and O–H groups in total. The lowest BCUT2D eigenvalue weighted by Crippen LogP contribution is -2.47. The summed E-state index contributed by atoms with van der Waals surface area (Å²) in [6.07, 6.45) is 0.655. The fraction of sp³-hybridized carbons (Fsp3) is 0.444. The molecule has 0 spiro atoms. The fourth-order valence-electron chi connectivity index (χ4n) is 2.44. The number of hydrogen-bond acceptors (Lipinski definition) is 6. The quantitative estimate of drug-likeness (QED) is 0.624. The summed E-state index contributed by atoms with van der Waals surface area (Å²) in [5.74, 6) is -0.255. The molecule has 0 saturated carbocycles. The minimum atomic E-state index is -0.886. The largest absolute Gasteiger partial charge is 0.508 e. The van der Waals surface area contributed by atoms with E-state index in [2.05, 4.69) is 5.32 Å². The van der Waals surface area contributed by atoms with Crippen LogP contribution in [0.4, 0.5) is 0 Å². The van der Waals surface area contributed by atoms with Crippen molar-refractivity contribution in [3.8, 4) is 5.75 Å².